The Morgan fingerprint density at radius 2 is 2.11 bits per heavy atom. The summed E-state index contributed by atoms with van der Waals surface area (Å²) < 4.78 is 41.1. The van der Waals surface area contributed by atoms with Crippen molar-refractivity contribution in [2.24, 2.45) is 5.41 Å². The van der Waals surface area contributed by atoms with Crippen LogP contribution in [0.3, 0.4) is 0 Å². The molecule has 4 atom stereocenters. The summed E-state index contributed by atoms with van der Waals surface area (Å²) in [5.74, 6) is -0.478. The molecule has 158 valence electrons. The fraction of sp³-hybridized carbons (Fsp3) is 0.867. The van der Waals surface area contributed by atoms with Gasteiger partial charge >= 0.3 is 16.4 Å². The highest BCUT2D eigenvalue weighted by Gasteiger charge is 2.63. The molecule has 2 unspecified atom stereocenters. The molecule has 0 radical (unpaired) electrons. The number of carbonyl (C=O) groups is 2. The summed E-state index contributed by atoms with van der Waals surface area (Å²) >= 11 is 0. The lowest BCUT2D eigenvalue weighted by molar-refractivity contribution is -0.194. The van der Waals surface area contributed by atoms with Crippen LogP contribution < -0.4 is 10.8 Å². The number of nitrogens with zero attached hydrogens (tertiary/aromatic N) is 2. The van der Waals surface area contributed by atoms with E-state index in [4.69, 9.17) is 14.1 Å². The molecule has 0 aromatic heterocycles. The van der Waals surface area contributed by atoms with Gasteiger partial charge in [0.1, 0.15) is 12.1 Å². The molecule has 3 heterocycles. The summed E-state index contributed by atoms with van der Waals surface area (Å²) in [5.41, 5.74) is 1.86. The largest absolute Gasteiger partial charge is 0.418 e. The van der Waals surface area contributed by atoms with E-state index in [0.717, 1.165) is 19.3 Å². The monoisotopic (exact) mass is 420 g/mol. The second-order valence-electron chi connectivity index (χ2n) is 7.80. The van der Waals surface area contributed by atoms with Crippen molar-refractivity contribution in [1.29, 1.82) is 0 Å². The number of urea groups is 1. The van der Waals surface area contributed by atoms with Crippen molar-refractivity contribution in [2.45, 2.75) is 49.9 Å². The summed E-state index contributed by atoms with van der Waals surface area (Å²) in [5, 5.41) is 3.79. The number of hydroxylamine groups is 3. The van der Waals surface area contributed by atoms with Gasteiger partial charge in [0.15, 0.2) is 0 Å². The van der Waals surface area contributed by atoms with Gasteiger partial charge in [-0.15, -0.1) is 4.28 Å². The number of ether oxygens (including phenoxy) is 1. The zero-order valence-corrected chi connectivity index (χ0v) is 16.2. The third-order valence-electron chi connectivity index (χ3n) is 6.16. The molecule has 1 aliphatic carbocycles. The first-order chi connectivity index (χ1) is 13.2. The van der Waals surface area contributed by atoms with E-state index in [9.17, 15) is 18.0 Å². The molecule has 1 spiro atoms. The smallest absolute Gasteiger partial charge is 0.380 e. The Balaban J connectivity index is 1.48. The van der Waals surface area contributed by atoms with Crippen molar-refractivity contribution in [3.63, 3.8) is 0 Å². The van der Waals surface area contributed by atoms with Gasteiger partial charge in [0.2, 0.25) is 0 Å². The molecule has 4 fully saturated rings. The van der Waals surface area contributed by atoms with E-state index in [1.165, 1.54) is 4.90 Å². The molecule has 3 saturated heterocycles. The zero-order valence-electron chi connectivity index (χ0n) is 15.4. The van der Waals surface area contributed by atoms with Crippen LogP contribution >= 0.6 is 0 Å². The van der Waals surface area contributed by atoms with Crippen LogP contribution in [-0.4, -0.2) is 85.9 Å². The number of likely N-dealkylation sites (N-methyl/N-ethyl adjacent to an activating group) is 1. The maximum atomic E-state index is 12.8. The lowest BCUT2D eigenvalue weighted by atomic mass is 9.71. The van der Waals surface area contributed by atoms with Crippen LogP contribution in [0.2, 0.25) is 0 Å². The Morgan fingerprint density at radius 1 is 1.36 bits per heavy atom. The minimum atomic E-state index is -4.88. The van der Waals surface area contributed by atoms with Crippen molar-refractivity contribution in [2.75, 3.05) is 26.8 Å². The number of hydrogen-bond acceptors (Lipinski definition) is 8. The minimum absolute atomic E-state index is 0.0956. The van der Waals surface area contributed by atoms with Crippen molar-refractivity contribution in [3.8, 4) is 0 Å². The van der Waals surface area contributed by atoms with Crippen LogP contribution in [0.25, 0.3) is 0 Å². The van der Waals surface area contributed by atoms with E-state index < -0.39 is 39.8 Å². The molecule has 2 bridgehead atoms. The third kappa shape index (κ3) is 3.35. The number of nitrogens with one attached hydrogen (secondary N) is 2. The van der Waals surface area contributed by atoms with Gasteiger partial charge in [-0.05, 0) is 32.7 Å². The molecule has 3 amide bonds. The lowest BCUT2D eigenvalue weighted by Gasteiger charge is -2.50. The van der Waals surface area contributed by atoms with Gasteiger partial charge in [-0.3, -0.25) is 14.2 Å². The average molecular weight is 420 g/mol. The Bertz CT molecular complexity index is 757. The van der Waals surface area contributed by atoms with Gasteiger partial charge in [-0.2, -0.15) is 13.5 Å². The quantitative estimate of drug-likeness (QED) is 0.356. The first kappa shape index (κ1) is 19.8. The molecular formula is C15H24N4O8S. The number of amides is 3. The van der Waals surface area contributed by atoms with Crippen molar-refractivity contribution in [1.82, 2.24) is 20.8 Å². The summed E-state index contributed by atoms with van der Waals surface area (Å²) in [7, 11) is -3.04. The Morgan fingerprint density at radius 3 is 2.71 bits per heavy atom. The maximum Gasteiger partial charge on any atom is 0.418 e. The Labute approximate surface area is 162 Å². The van der Waals surface area contributed by atoms with E-state index >= 15 is 0 Å². The molecule has 28 heavy (non-hydrogen) atoms. The van der Waals surface area contributed by atoms with Gasteiger partial charge in [0.25, 0.3) is 5.91 Å². The van der Waals surface area contributed by atoms with Gasteiger partial charge < -0.3 is 15.0 Å². The van der Waals surface area contributed by atoms with Crippen LogP contribution in [-0.2, 0) is 29.1 Å². The van der Waals surface area contributed by atoms with E-state index in [1.54, 1.807) is 0 Å². The van der Waals surface area contributed by atoms with E-state index in [-0.39, 0.29) is 38.3 Å². The first-order valence-corrected chi connectivity index (χ1v) is 10.6. The van der Waals surface area contributed by atoms with Crippen molar-refractivity contribution < 1.29 is 36.4 Å². The molecule has 1 saturated carbocycles. The summed E-state index contributed by atoms with van der Waals surface area (Å²) in [6, 6.07) is -2.13. The second-order valence-corrected chi connectivity index (χ2v) is 8.81. The van der Waals surface area contributed by atoms with Crippen LogP contribution in [0, 0.1) is 5.41 Å². The van der Waals surface area contributed by atoms with E-state index in [0.29, 0.717) is 5.06 Å². The Kier molecular flexibility index (Phi) is 5.00. The third-order valence-corrected chi connectivity index (χ3v) is 6.51. The topological polar surface area (TPSA) is 147 Å². The fourth-order valence-corrected chi connectivity index (χ4v) is 5.00. The normalized spacial score (nSPS) is 34.0. The summed E-state index contributed by atoms with van der Waals surface area (Å²) in [6.45, 7) is 0.622. The Hall–Kier alpha value is -1.51. The van der Waals surface area contributed by atoms with Gasteiger partial charge in [-0.1, -0.05) is 0 Å². The standard InChI is InChI=1S/C15H24N4O8S/c1-16-9-3-2-4-11(9)26-17-13(20)10-5-15(7-25-8-15)12-6-18(10)14(21)19(12)27-28(22,23)24/h9-12,16H,2-8H2,1H3,(H,17,20)(H,22,23,24)/t9?,10-,11?,12-/m0/s1. The number of piperidine rings is 1. The number of hydrogen-bond donors (Lipinski definition) is 3. The second kappa shape index (κ2) is 7.07. The molecule has 0 aromatic rings. The predicted molar refractivity (Wildman–Crippen MR) is 91.7 cm³/mol. The lowest BCUT2D eigenvalue weighted by Crippen LogP contribution is -2.63. The predicted octanol–water partition coefficient (Wildman–Crippen LogP) is -1.20. The number of carbonyl (C=O) groups excluding carboxylic acids is 2. The van der Waals surface area contributed by atoms with E-state index in [2.05, 4.69) is 15.1 Å². The SMILES string of the molecule is CNC1CCCC1ONC(=O)[C@@H]1CC2(COC2)[C@@H]2CN1C(=O)N2OS(=O)(=O)O. The van der Waals surface area contributed by atoms with Gasteiger partial charge in [-0.25, -0.2) is 10.3 Å². The molecule has 3 aliphatic heterocycles. The van der Waals surface area contributed by atoms with Crippen LogP contribution in [0.15, 0.2) is 0 Å². The van der Waals surface area contributed by atoms with Crippen LogP contribution in [0.4, 0.5) is 4.79 Å². The highest BCUT2D eigenvalue weighted by atomic mass is 32.3. The summed E-state index contributed by atoms with van der Waals surface area (Å²) in [6.07, 6.45) is 2.89. The van der Waals surface area contributed by atoms with Crippen molar-refractivity contribution >= 4 is 22.3 Å². The maximum absolute atomic E-state index is 12.8. The average Bonchev–Trinajstić information content (AvgIpc) is 3.17. The number of fused-ring (bicyclic) bond motifs is 3. The molecule has 3 N–H and O–H groups in total. The van der Waals surface area contributed by atoms with E-state index in [1.807, 2.05) is 7.05 Å². The molecule has 4 aliphatic rings. The van der Waals surface area contributed by atoms with Gasteiger partial charge in [0, 0.05) is 18.0 Å². The minimum Gasteiger partial charge on any atom is -0.380 e. The van der Waals surface area contributed by atoms with Crippen LogP contribution in [0.1, 0.15) is 25.7 Å². The summed E-state index contributed by atoms with van der Waals surface area (Å²) in [4.78, 5) is 32.2. The van der Waals surface area contributed by atoms with Crippen LogP contribution in [0.5, 0.6) is 0 Å². The molecule has 4 rings (SSSR count). The highest BCUT2D eigenvalue weighted by molar-refractivity contribution is 7.80. The fourth-order valence-electron chi connectivity index (χ4n) is 4.63. The highest BCUT2D eigenvalue weighted by Crippen LogP contribution is 2.47. The zero-order chi connectivity index (χ0) is 20.1. The first-order valence-electron chi connectivity index (χ1n) is 9.21. The molecule has 0 aromatic carbocycles. The molecule has 12 nitrogen and oxygen atoms in total. The van der Waals surface area contributed by atoms with Gasteiger partial charge in [0.05, 0.1) is 19.3 Å². The number of rotatable bonds is 6. The molecular weight excluding hydrogens is 396 g/mol. The molecule has 13 heteroatoms. The van der Waals surface area contributed by atoms with Crippen molar-refractivity contribution in [3.05, 3.63) is 0 Å².